The molecule has 2 N–H and O–H groups in total. The minimum atomic E-state index is -0.192. The molecule has 0 saturated carbocycles. The molecule has 12 heavy (non-hydrogen) atoms. The topological polar surface area (TPSA) is 58.6 Å². The Labute approximate surface area is 72.9 Å². The third-order valence-corrected chi connectivity index (χ3v) is 1.79. The first-order valence-electron chi connectivity index (χ1n) is 4.09. The summed E-state index contributed by atoms with van der Waals surface area (Å²) >= 11 is 0. The van der Waals surface area contributed by atoms with Crippen LogP contribution in [0.2, 0.25) is 0 Å². The van der Waals surface area contributed by atoms with Crippen LogP contribution in [0.1, 0.15) is 19.3 Å². The third kappa shape index (κ3) is 5.09. The van der Waals surface area contributed by atoms with Crippen LogP contribution in [0, 0.1) is 0 Å². The zero-order chi connectivity index (χ0) is 9.40. The van der Waals surface area contributed by atoms with E-state index in [1.807, 2.05) is 0 Å². The molecule has 0 bridgehead atoms. The maximum Gasteiger partial charge on any atom is 0.305 e. The van der Waals surface area contributed by atoms with Crippen molar-refractivity contribution in [1.82, 2.24) is 5.32 Å². The summed E-state index contributed by atoms with van der Waals surface area (Å²) in [6, 6.07) is 0.0923. The van der Waals surface area contributed by atoms with E-state index in [2.05, 4.69) is 10.1 Å². The van der Waals surface area contributed by atoms with Gasteiger partial charge in [0.05, 0.1) is 13.7 Å². The predicted molar refractivity (Wildman–Crippen MR) is 45.8 cm³/mol. The summed E-state index contributed by atoms with van der Waals surface area (Å²) in [4.78, 5) is 10.7. The van der Waals surface area contributed by atoms with Crippen LogP contribution in [0.4, 0.5) is 0 Å². The van der Waals surface area contributed by atoms with Crippen molar-refractivity contribution >= 4 is 5.97 Å². The number of ether oxygens (including phenoxy) is 1. The second-order valence-electron chi connectivity index (χ2n) is 2.64. The highest BCUT2D eigenvalue weighted by atomic mass is 16.5. The van der Waals surface area contributed by atoms with Crippen LogP contribution in [0.25, 0.3) is 0 Å². The lowest BCUT2D eigenvalue weighted by atomic mass is 10.1. The van der Waals surface area contributed by atoms with Crippen LogP contribution >= 0.6 is 0 Å². The van der Waals surface area contributed by atoms with Gasteiger partial charge in [-0.3, -0.25) is 4.79 Å². The highest BCUT2D eigenvalue weighted by Crippen LogP contribution is 2.00. The summed E-state index contributed by atoms with van der Waals surface area (Å²) in [6.07, 6.45) is 1.97. The van der Waals surface area contributed by atoms with Crippen molar-refractivity contribution in [3.8, 4) is 0 Å². The Kier molecular flexibility index (Phi) is 6.70. The van der Waals surface area contributed by atoms with Crippen molar-refractivity contribution in [3.05, 3.63) is 0 Å². The van der Waals surface area contributed by atoms with Gasteiger partial charge in [0.1, 0.15) is 0 Å². The van der Waals surface area contributed by atoms with E-state index in [0.29, 0.717) is 6.42 Å². The van der Waals surface area contributed by atoms with Gasteiger partial charge in [-0.25, -0.2) is 0 Å². The third-order valence-electron chi connectivity index (χ3n) is 1.79. The summed E-state index contributed by atoms with van der Waals surface area (Å²) in [5.74, 6) is -0.192. The van der Waals surface area contributed by atoms with Gasteiger partial charge in [-0.05, 0) is 19.9 Å². The Bertz CT molecular complexity index is 123. The molecular formula is C8H17NO3. The molecule has 0 fully saturated rings. The molecule has 0 aromatic rings. The molecule has 0 radical (unpaired) electrons. The second-order valence-corrected chi connectivity index (χ2v) is 2.64. The molecule has 72 valence electrons. The van der Waals surface area contributed by atoms with Gasteiger partial charge in [-0.2, -0.15) is 0 Å². The largest absolute Gasteiger partial charge is 0.469 e. The van der Waals surface area contributed by atoms with Crippen molar-refractivity contribution in [2.45, 2.75) is 25.3 Å². The number of methoxy groups -OCH3 is 1. The van der Waals surface area contributed by atoms with Gasteiger partial charge in [-0.1, -0.05) is 0 Å². The molecule has 0 spiro atoms. The summed E-state index contributed by atoms with van der Waals surface area (Å²) in [5, 5.41) is 11.7. The fraction of sp³-hybridized carbons (Fsp3) is 0.875. The summed E-state index contributed by atoms with van der Waals surface area (Å²) < 4.78 is 4.48. The normalized spacial score (nSPS) is 12.6. The number of hydrogen-bond acceptors (Lipinski definition) is 4. The number of carbonyl (C=O) groups excluding carboxylic acids is 1. The van der Waals surface area contributed by atoms with Crippen molar-refractivity contribution in [2.24, 2.45) is 0 Å². The lowest BCUT2D eigenvalue weighted by Gasteiger charge is -2.11. The smallest absolute Gasteiger partial charge is 0.305 e. The van der Waals surface area contributed by atoms with Crippen LogP contribution in [0.3, 0.4) is 0 Å². The first-order chi connectivity index (χ1) is 5.74. The fourth-order valence-corrected chi connectivity index (χ4v) is 0.922. The first-order valence-corrected chi connectivity index (χ1v) is 4.09. The quantitative estimate of drug-likeness (QED) is 0.554. The molecule has 4 heteroatoms. The monoisotopic (exact) mass is 175 g/mol. The average Bonchev–Trinajstić information content (AvgIpc) is 2.12. The van der Waals surface area contributed by atoms with E-state index < -0.39 is 0 Å². The van der Waals surface area contributed by atoms with Gasteiger partial charge in [0.15, 0.2) is 0 Å². The molecule has 0 rings (SSSR count). The van der Waals surface area contributed by atoms with E-state index in [1.54, 1.807) is 7.05 Å². The molecule has 0 aliphatic carbocycles. The molecule has 0 unspecified atom stereocenters. The van der Waals surface area contributed by atoms with E-state index in [0.717, 1.165) is 12.8 Å². The number of likely N-dealkylation sites (N-methyl/N-ethyl adjacent to an activating group) is 1. The van der Waals surface area contributed by atoms with Crippen LogP contribution in [-0.2, 0) is 9.53 Å². The highest BCUT2D eigenvalue weighted by molar-refractivity contribution is 5.68. The van der Waals surface area contributed by atoms with Crippen LogP contribution < -0.4 is 5.32 Å². The van der Waals surface area contributed by atoms with Gasteiger partial charge in [0, 0.05) is 12.5 Å². The fourth-order valence-electron chi connectivity index (χ4n) is 0.922. The maximum atomic E-state index is 10.7. The minimum absolute atomic E-state index is 0.0923. The van der Waals surface area contributed by atoms with E-state index >= 15 is 0 Å². The van der Waals surface area contributed by atoms with E-state index in [-0.39, 0.29) is 18.6 Å². The highest BCUT2D eigenvalue weighted by Gasteiger charge is 2.05. The number of carbonyl (C=O) groups is 1. The summed E-state index contributed by atoms with van der Waals surface area (Å²) in [5.41, 5.74) is 0. The van der Waals surface area contributed by atoms with Crippen molar-refractivity contribution in [3.63, 3.8) is 0 Å². The molecular weight excluding hydrogens is 158 g/mol. The molecule has 0 aromatic heterocycles. The molecule has 1 atom stereocenters. The van der Waals surface area contributed by atoms with E-state index in [1.165, 1.54) is 7.11 Å². The van der Waals surface area contributed by atoms with Gasteiger partial charge >= 0.3 is 5.97 Å². The van der Waals surface area contributed by atoms with E-state index in [9.17, 15) is 4.79 Å². The molecule has 0 heterocycles. The summed E-state index contributed by atoms with van der Waals surface area (Å²) in [6.45, 7) is 0.109. The van der Waals surface area contributed by atoms with Gasteiger partial charge in [0.2, 0.25) is 0 Å². The van der Waals surface area contributed by atoms with Crippen molar-refractivity contribution in [2.75, 3.05) is 20.8 Å². The standard InChI is InChI=1S/C8H17NO3/c1-9-7(6-10)4-3-5-8(11)12-2/h7,9-10H,3-6H2,1-2H3/t7-/m0/s1. The second kappa shape index (κ2) is 7.06. The van der Waals surface area contributed by atoms with Crippen LogP contribution in [0.15, 0.2) is 0 Å². The Morgan fingerprint density at radius 3 is 2.75 bits per heavy atom. The molecule has 0 aliphatic heterocycles. The molecule has 0 aliphatic rings. The molecule has 4 nitrogen and oxygen atoms in total. The van der Waals surface area contributed by atoms with Crippen LogP contribution in [-0.4, -0.2) is 37.9 Å². The predicted octanol–water partition coefficient (Wildman–Crippen LogP) is -0.0900. The zero-order valence-corrected chi connectivity index (χ0v) is 7.67. The number of nitrogens with one attached hydrogen (secondary N) is 1. The van der Waals surface area contributed by atoms with Crippen LogP contribution in [0.5, 0.6) is 0 Å². The van der Waals surface area contributed by atoms with Crippen molar-refractivity contribution < 1.29 is 14.6 Å². The van der Waals surface area contributed by atoms with Gasteiger partial charge < -0.3 is 15.2 Å². The van der Waals surface area contributed by atoms with Gasteiger partial charge in [-0.15, -0.1) is 0 Å². The average molecular weight is 175 g/mol. The number of aliphatic hydroxyl groups excluding tert-OH is 1. The first kappa shape index (κ1) is 11.4. The summed E-state index contributed by atoms with van der Waals surface area (Å²) in [7, 11) is 3.17. The lowest BCUT2D eigenvalue weighted by molar-refractivity contribution is -0.140. The Hall–Kier alpha value is -0.610. The number of rotatable bonds is 6. The zero-order valence-electron chi connectivity index (χ0n) is 7.67. The maximum absolute atomic E-state index is 10.7. The number of esters is 1. The Morgan fingerprint density at radius 1 is 1.67 bits per heavy atom. The van der Waals surface area contributed by atoms with Crippen molar-refractivity contribution in [1.29, 1.82) is 0 Å². The minimum Gasteiger partial charge on any atom is -0.469 e. The Morgan fingerprint density at radius 2 is 2.33 bits per heavy atom. The molecule has 0 aromatic carbocycles. The SMILES string of the molecule is CN[C@H](CO)CCCC(=O)OC. The Balaban J connectivity index is 3.34. The number of aliphatic hydroxyl groups is 1. The number of hydrogen-bond donors (Lipinski definition) is 2. The lowest BCUT2D eigenvalue weighted by Crippen LogP contribution is -2.28. The molecule has 0 saturated heterocycles. The molecule has 0 amide bonds. The van der Waals surface area contributed by atoms with E-state index in [4.69, 9.17) is 5.11 Å². The van der Waals surface area contributed by atoms with Gasteiger partial charge in [0.25, 0.3) is 0 Å².